The molecule has 1 saturated carbocycles. The van der Waals surface area contributed by atoms with Crippen LogP contribution in [0, 0.1) is 5.92 Å². The van der Waals surface area contributed by atoms with Crippen molar-refractivity contribution >= 4 is 41.3 Å². The highest BCUT2D eigenvalue weighted by Gasteiger charge is 2.21. The molecule has 0 spiro atoms. The first kappa shape index (κ1) is 20.7. The van der Waals surface area contributed by atoms with Gasteiger partial charge in [-0.2, -0.15) is 0 Å². The van der Waals surface area contributed by atoms with Gasteiger partial charge in [-0.25, -0.2) is 4.98 Å². The highest BCUT2D eigenvalue weighted by atomic mass is 127. The molecule has 1 aliphatic rings. The summed E-state index contributed by atoms with van der Waals surface area (Å²) in [4.78, 5) is 10.1. The average Bonchev–Trinajstić information content (AvgIpc) is 3.01. The van der Waals surface area contributed by atoms with Gasteiger partial charge in [0.1, 0.15) is 5.01 Å². The zero-order valence-electron chi connectivity index (χ0n) is 14.6. The molecule has 23 heavy (non-hydrogen) atoms. The number of hydrogen-bond donors (Lipinski definition) is 2. The third-order valence-electron chi connectivity index (χ3n) is 4.47. The average molecular weight is 450 g/mol. The number of hydrogen-bond acceptors (Lipinski definition) is 3. The molecule has 132 valence electrons. The quantitative estimate of drug-likeness (QED) is 0.385. The van der Waals surface area contributed by atoms with Crippen LogP contribution in [-0.4, -0.2) is 24.0 Å². The molecule has 0 bridgehead atoms. The predicted molar refractivity (Wildman–Crippen MR) is 111 cm³/mol. The lowest BCUT2D eigenvalue weighted by atomic mass is 9.83. The van der Waals surface area contributed by atoms with Crippen molar-refractivity contribution in [3.8, 4) is 0 Å². The minimum absolute atomic E-state index is 0. The van der Waals surface area contributed by atoms with Gasteiger partial charge in [-0.05, 0) is 38.0 Å². The molecular weight excluding hydrogens is 419 g/mol. The van der Waals surface area contributed by atoms with Gasteiger partial charge < -0.3 is 10.6 Å². The van der Waals surface area contributed by atoms with E-state index in [-0.39, 0.29) is 24.0 Å². The summed E-state index contributed by atoms with van der Waals surface area (Å²) in [7, 11) is 1.84. The number of aromatic nitrogens is 1. The molecule has 0 amide bonds. The van der Waals surface area contributed by atoms with Crippen molar-refractivity contribution < 1.29 is 0 Å². The van der Waals surface area contributed by atoms with Crippen LogP contribution in [-0.2, 0) is 13.0 Å². The second-order valence-corrected chi connectivity index (χ2v) is 7.35. The van der Waals surface area contributed by atoms with Gasteiger partial charge in [0.25, 0.3) is 0 Å². The Kier molecular flexibility index (Phi) is 10.1. The number of nitrogens with zero attached hydrogens (tertiary/aromatic N) is 2. The van der Waals surface area contributed by atoms with Crippen molar-refractivity contribution in [2.24, 2.45) is 10.9 Å². The molecule has 0 saturated heterocycles. The van der Waals surface area contributed by atoms with Crippen LogP contribution in [0.5, 0.6) is 0 Å². The fourth-order valence-corrected chi connectivity index (χ4v) is 3.95. The fourth-order valence-electron chi connectivity index (χ4n) is 3.14. The summed E-state index contributed by atoms with van der Waals surface area (Å²) in [6, 6.07) is 0.571. The van der Waals surface area contributed by atoms with E-state index in [1.807, 2.05) is 13.2 Å². The van der Waals surface area contributed by atoms with E-state index in [1.54, 1.807) is 11.3 Å². The molecule has 0 aliphatic heterocycles. The number of nitrogens with one attached hydrogen (secondary N) is 2. The first-order chi connectivity index (χ1) is 10.7. The maximum atomic E-state index is 4.44. The zero-order valence-corrected chi connectivity index (χ0v) is 17.7. The molecule has 1 heterocycles. The van der Waals surface area contributed by atoms with Crippen LogP contribution in [0.1, 0.15) is 62.3 Å². The van der Waals surface area contributed by atoms with Crippen molar-refractivity contribution in [1.29, 1.82) is 0 Å². The number of aliphatic imine (C=N–C) groups is 1. The molecule has 1 fully saturated rings. The first-order valence-electron chi connectivity index (χ1n) is 8.65. The lowest BCUT2D eigenvalue weighted by molar-refractivity contribution is 0.295. The van der Waals surface area contributed by atoms with Gasteiger partial charge in [-0.1, -0.05) is 26.7 Å². The molecule has 4 nitrogen and oxygen atoms in total. The van der Waals surface area contributed by atoms with Crippen molar-refractivity contribution in [1.82, 2.24) is 15.6 Å². The van der Waals surface area contributed by atoms with Crippen LogP contribution in [0.25, 0.3) is 0 Å². The van der Waals surface area contributed by atoms with E-state index in [0.717, 1.165) is 29.9 Å². The van der Waals surface area contributed by atoms with E-state index in [1.165, 1.54) is 43.4 Å². The first-order valence-corrected chi connectivity index (χ1v) is 9.47. The molecule has 0 radical (unpaired) electrons. The lowest BCUT2D eigenvalue weighted by Gasteiger charge is -2.30. The smallest absolute Gasteiger partial charge is 0.191 e. The Morgan fingerprint density at radius 3 is 2.61 bits per heavy atom. The fraction of sp³-hybridized carbons (Fsp3) is 0.765. The highest BCUT2D eigenvalue weighted by Crippen LogP contribution is 2.27. The molecule has 1 aliphatic carbocycles. The summed E-state index contributed by atoms with van der Waals surface area (Å²) in [5.74, 6) is 1.85. The van der Waals surface area contributed by atoms with E-state index in [9.17, 15) is 0 Å². The molecule has 0 atom stereocenters. The number of aryl methyl sites for hydroxylation is 1. The Morgan fingerprint density at radius 1 is 1.30 bits per heavy atom. The molecule has 6 heteroatoms. The number of rotatable bonds is 6. The van der Waals surface area contributed by atoms with Crippen LogP contribution < -0.4 is 10.6 Å². The Labute approximate surface area is 162 Å². The topological polar surface area (TPSA) is 49.3 Å². The summed E-state index contributed by atoms with van der Waals surface area (Å²) in [5, 5.41) is 8.10. The third-order valence-corrected chi connectivity index (χ3v) is 5.61. The number of halogens is 1. The van der Waals surface area contributed by atoms with Crippen molar-refractivity contribution in [2.75, 3.05) is 7.05 Å². The molecule has 1 aromatic heterocycles. The summed E-state index contributed by atoms with van der Waals surface area (Å²) >= 11 is 1.78. The summed E-state index contributed by atoms with van der Waals surface area (Å²) in [5.41, 5.74) is 0. The predicted octanol–water partition coefficient (Wildman–Crippen LogP) is 4.35. The summed E-state index contributed by atoms with van der Waals surface area (Å²) < 4.78 is 0. The molecule has 1 aromatic rings. The van der Waals surface area contributed by atoms with Gasteiger partial charge >= 0.3 is 0 Å². The molecule has 0 aromatic carbocycles. The Morgan fingerprint density at radius 2 is 2.04 bits per heavy atom. The van der Waals surface area contributed by atoms with Crippen molar-refractivity contribution in [3.63, 3.8) is 0 Å². The van der Waals surface area contributed by atoms with Crippen molar-refractivity contribution in [3.05, 3.63) is 16.1 Å². The van der Waals surface area contributed by atoms with E-state index in [2.05, 4.69) is 34.5 Å². The van der Waals surface area contributed by atoms with Gasteiger partial charge in [0.15, 0.2) is 5.96 Å². The normalized spacial score (nSPS) is 21.6. The van der Waals surface area contributed by atoms with Gasteiger partial charge in [0, 0.05) is 24.2 Å². The second kappa shape index (κ2) is 11.2. The maximum Gasteiger partial charge on any atom is 0.191 e. The Bertz CT molecular complexity index is 467. The molecular formula is C17H31IN4S. The SMILES string of the molecule is CCCC1CCC(NC(=NC)NCc2ncc(CC)s2)CC1.I. The Balaban J connectivity index is 0.00000264. The zero-order chi connectivity index (χ0) is 15.8. The van der Waals surface area contributed by atoms with Gasteiger partial charge in [-0.3, -0.25) is 4.99 Å². The third kappa shape index (κ3) is 6.95. The van der Waals surface area contributed by atoms with Gasteiger partial charge in [0.2, 0.25) is 0 Å². The van der Waals surface area contributed by atoms with E-state index in [4.69, 9.17) is 0 Å². The largest absolute Gasteiger partial charge is 0.354 e. The standard InChI is InChI=1S/C17H30N4S.HI/c1-4-6-13-7-9-14(10-8-13)21-17(18-3)20-12-16-19-11-15(5-2)22-16;/h11,13-14H,4-10,12H2,1-3H3,(H2,18,20,21);1H. The molecule has 2 rings (SSSR count). The number of guanidine groups is 1. The van der Waals surface area contributed by atoms with Crippen LogP contribution >= 0.6 is 35.3 Å². The van der Waals surface area contributed by atoms with E-state index < -0.39 is 0 Å². The highest BCUT2D eigenvalue weighted by molar-refractivity contribution is 14.0. The van der Waals surface area contributed by atoms with Crippen LogP contribution in [0.3, 0.4) is 0 Å². The molecule has 2 N–H and O–H groups in total. The van der Waals surface area contributed by atoms with Crippen molar-refractivity contribution in [2.45, 2.75) is 71.4 Å². The Hall–Kier alpha value is -0.370. The van der Waals surface area contributed by atoms with Crippen LogP contribution in [0.4, 0.5) is 0 Å². The summed E-state index contributed by atoms with van der Waals surface area (Å²) in [6.45, 7) is 5.22. The minimum atomic E-state index is 0. The number of thiazole rings is 1. The van der Waals surface area contributed by atoms with E-state index >= 15 is 0 Å². The summed E-state index contributed by atoms with van der Waals surface area (Å²) in [6.07, 6.45) is 11.0. The maximum absolute atomic E-state index is 4.44. The monoisotopic (exact) mass is 450 g/mol. The van der Waals surface area contributed by atoms with Gasteiger partial charge in [-0.15, -0.1) is 35.3 Å². The minimum Gasteiger partial charge on any atom is -0.354 e. The van der Waals surface area contributed by atoms with Gasteiger partial charge in [0.05, 0.1) is 6.54 Å². The van der Waals surface area contributed by atoms with E-state index in [0.29, 0.717) is 6.04 Å². The molecule has 0 unspecified atom stereocenters. The van der Waals surface area contributed by atoms with Crippen LogP contribution in [0.2, 0.25) is 0 Å². The lowest BCUT2D eigenvalue weighted by Crippen LogP contribution is -2.44. The second-order valence-electron chi connectivity index (χ2n) is 6.15. The van der Waals surface area contributed by atoms with Crippen LogP contribution in [0.15, 0.2) is 11.2 Å².